The van der Waals surface area contributed by atoms with Crippen LogP contribution in [-0.4, -0.2) is 28.8 Å². The van der Waals surface area contributed by atoms with Gasteiger partial charge in [0.25, 0.3) is 5.91 Å². The molecule has 1 fully saturated rings. The number of nitrogens with one attached hydrogen (secondary N) is 1. The summed E-state index contributed by atoms with van der Waals surface area (Å²) in [5.74, 6) is -0.431. The van der Waals surface area contributed by atoms with Crippen molar-refractivity contribution in [2.45, 2.75) is 65.3 Å². The fourth-order valence-electron chi connectivity index (χ4n) is 3.66. The van der Waals surface area contributed by atoms with E-state index in [0.29, 0.717) is 11.4 Å². The largest absolute Gasteiger partial charge is 0.370 e. The quantitative estimate of drug-likeness (QED) is 0.791. The Morgan fingerprint density at radius 3 is 2.39 bits per heavy atom. The molecule has 5 nitrogen and oxygen atoms in total. The maximum Gasteiger partial charge on any atom is 0.276 e. The minimum absolute atomic E-state index is 0.226. The number of benzene rings is 1. The van der Waals surface area contributed by atoms with Crippen molar-refractivity contribution in [3.05, 3.63) is 41.5 Å². The molecule has 0 atom stereocenters. The van der Waals surface area contributed by atoms with Crippen LogP contribution in [0.5, 0.6) is 0 Å². The first-order valence-corrected chi connectivity index (χ1v) is 10.1. The molecule has 1 saturated heterocycles. The predicted octanol–water partition coefficient (Wildman–Crippen LogP) is 5.14. The molecule has 152 valence electrons. The van der Waals surface area contributed by atoms with Crippen molar-refractivity contribution in [3.8, 4) is 0 Å². The van der Waals surface area contributed by atoms with E-state index in [1.807, 2.05) is 10.7 Å². The summed E-state index contributed by atoms with van der Waals surface area (Å²) < 4.78 is 15.8. The molecule has 0 radical (unpaired) electrons. The molecule has 1 aliphatic rings. The van der Waals surface area contributed by atoms with Crippen molar-refractivity contribution >= 4 is 17.3 Å². The average molecular weight is 387 g/mol. The molecule has 2 aromatic rings. The van der Waals surface area contributed by atoms with E-state index in [1.165, 1.54) is 18.6 Å². The number of rotatable bonds is 4. The zero-order chi connectivity index (χ0) is 20.5. The summed E-state index contributed by atoms with van der Waals surface area (Å²) in [4.78, 5) is 15.2. The number of carbonyl (C=O) groups is 1. The number of amides is 1. The number of hydrogen-bond acceptors (Lipinski definition) is 3. The lowest BCUT2D eigenvalue weighted by Crippen LogP contribution is -2.30. The Labute approximate surface area is 166 Å². The molecule has 1 aliphatic heterocycles. The zero-order valence-corrected chi connectivity index (χ0v) is 17.6. The first kappa shape index (κ1) is 20.4. The minimum atomic E-state index is -0.362. The summed E-state index contributed by atoms with van der Waals surface area (Å²) >= 11 is 0. The van der Waals surface area contributed by atoms with Crippen LogP contribution >= 0.6 is 0 Å². The Morgan fingerprint density at radius 1 is 1.14 bits per heavy atom. The van der Waals surface area contributed by atoms with Crippen LogP contribution in [0.3, 0.4) is 0 Å². The van der Waals surface area contributed by atoms with Crippen LogP contribution in [0.4, 0.5) is 15.8 Å². The van der Waals surface area contributed by atoms with E-state index in [-0.39, 0.29) is 23.2 Å². The molecule has 6 heteroatoms. The van der Waals surface area contributed by atoms with Crippen LogP contribution in [0, 0.1) is 5.82 Å². The van der Waals surface area contributed by atoms with Crippen LogP contribution in [-0.2, 0) is 5.54 Å². The van der Waals surface area contributed by atoms with Crippen LogP contribution in [0.2, 0.25) is 0 Å². The molecule has 0 bridgehead atoms. The third kappa shape index (κ3) is 4.37. The second-order valence-corrected chi connectivity index (χ2v) is 8.86. The van der Waals surface area contributed by atoms with E-state index in [4.69, 9.17) is 0 Å². The average Bonchev–Trinajstić information content (AvgIpc) is 3.09. The van der Waals surface area contributed by atoms with Gasteiger partial charge in [-0.15, -0.1) is 0 Å². The summed E-state index contributed by atoms with van der Waals surface area (Å²) in [5.41, 5.74) is 2.51. The lowest BCUT2D eigenvalue weighted by Gasteiger charge is -2.30. The van der Waals surface area contributed by atoms with Gasteiger partial charge in [0.15, 0.2) is 5.69 Å². The minimum Gasteiger partial charge on any atom is -0.370 e. The van der Waals surface area contributed by atoms with Crippen LogP contribution in [0.25, 0.3) is 0 Å². The molecule has 1 N–H and O–H groups in total. The van der Waals surface area contributed by atoms with Gasteiger partial charge in [-0.1, -0.05) is 13.8 Å². The topological polar surface area (TPSA) is 50.2 Å². The number of carbonyl (C=O) groups excluding carboxylic acids is 1. The molecular weight excluding hydrogens is 355 g/mol. The van der Waals surface area contributed by atoms with Crippen molar-refractivity contribution in [1.29, 1.82) is 0 Å². The van der Waals surface area contributed by atoms with Gasteiger partial charge in [0.2, 0.25) is 0 Å². The monoisotopic (exact) mass is 386 g/mol. The Balaban J connectivity index is 1.90. The fraction of sp³-hybridized carbons (Fsp3) is 0.545. The zero-order valence-electron chi connectivity index (χ0n) is 17.6. The Bertz CT molecular complexity index is 845. The summed E-state index contributed by atoms with van der Waals surface area (Å²) in [6.07, 6.45) is 3.43. The second kappa shape index (κ2) is 7.94. The molecule has 28 heavy (non-hydrogen) atoms. The first-order valence-electron chi connectivity index (χ1n) is 10.1. The van der Waals surface area contributed by atoms with E-state index < -0.39 is 0 Å². The lowest BCUT2D eigenvalue weighted by molar-refractivity contribution is 0.102. The normalized spacial score (nSPS) is 15.2. The molecule has 1 amide bonds. The Kier molecular flexibility index (Phi) is 5.77. The molecule has 0 unspecified atom stereocenters. The van der Waals surface area contributed by atoms with Crippen LogP contribution < -0.4 is 10.2 Å². The SMILES string of the molecule is CC(C)c1cc(C(=O)Nc2cc(F)ccc2N2CCCCC2)nn1C(C)(C)C. The van der Waals surface area contributed by atoms with Crippen LogP contribution in [0.15, 0.2) is 24.3 Å². The number of nitrogens with zero attached hydrogens (tertiary/aromatic N) is 3. The molecule has 2 heterocycles. The third-order valence-corrected chi connectivity index (χ3v) is 5.10. The van der Waals surface area contributed by atoms with Crippen molar-refractivity contribution in [1.82, 2.24) is 9.78 Å². The first-order chi connectivity index (χ1) is 13.2. The number of hydrogen-bond donors (Lipinski definition) is 1. The summed E-state index contributed by atoms with van der Waals surface area (Å²) in [7, 11) is 0. The number of anilines is 2. The molecular formula is C22H31FN4O. The van der Waals surface area contributed by atoms with E-state index in [0.717, 1.165) is 37.3 Å². The van der Waals surface area contributed by atoms with Crippen molar-refractivity contribution in [2.75, 3.05) is 23.3 Å². The van der Waals surface area contributed by atoms with Gasteiger partial charge in [-0.25, -0.2) is 4.39 Å². The maximum atomic E-state index is 13.9. The standard InChI is InChI=1S/C22H31FN4O/c1-15(2)20-14-18(25-27(20)22(3,4)5)21(28)24-17-13-16(23)9-10-19(17)26-11-7-6-8-12-26/h9-10,13-15H,6-8,11-12H2,1-5H3,(H,24,28). The van der Waals surface area contributed by atoms with Crippen LogP contribution in [0.1, 0.15) is 76.0 Å². The Hall–Kier alpha value is -2.37. The van der Waals surface area contributed by atoms with Crippen molar-refractivity contribution < 1.29 is 9.18 Å². The Morgan fingerprint density at radius 2 is 1.82 bits per heavy atom. The van der Waals surface area contributed by atoms with E-state index >= 15 is 0 Å². The molecule has 3 rings (SSSR count). The number of aromatic nitrogens is 2. The number of halogens is 1. The highest BCUT2D eigenvalue weighted by atomic mass is 19.1. The maximum absolute atomic E-state index is 13.9. The smallest absolute Gasteiger partial charge is 0.276 e. The van der Waals surface area contributed by atoms with Crippen molar-refractivity contribution in [2.24, 2.45) is 0 Å². The highest BCUT2D eigenvalue weighted by Gasteiger charge is 2.24. The molecule has 1 aromatic carbocycles. The molecule has 0 spiro atoms. The van der Waals surface area contributed by atoms with Gasteiger partial charge in [0.05, 0.1) is 16.9 Å². The number of piperidine rings is 1. The van der Waals surface area contributed by atoms with Gasteiger partial charge < -0.3 is 10.2 Å². The fourth-order valence-corrected chi connectivity index (χ4v) is 3.66. The third-order valence-electron chi connectivity index (χ3n) is 5.10. The van der Waals surface area contributed by atoms with Gasteiger partial charge in [-0.05, 0) is 70.2 Å². The highest BCUT2D eigenvalue weighted by Crippen LogP contribution is 2.30. The van der Waals surface area contributed by atoms with E-state index in [2.05, 4.69) is 49.9 Å². The second-order valence-electron chi connectivity index (χ2n) is 8.86. The van der Waals surface area contributed by atoms with Gasteiger partial charge in [-0.2, -0.15) is 5.10 Å². The predicted molar refractivity (Wildman–Crippen MR) is 112 cm³/mol. The summed E-state index contributed by atoms with van der Waals surface area (Å²) in [5, 5.41) is 7.46. The van der Waals surface area contributed by atoms with Gasteiger partial charge in [-0.3, -0.25) is 9.48 Å². The summed E-state index contributed by atoms with van der Waals surface area (Å²) in [6, 6.07) is 6.44. The molecule has 0 saturated carbocycles. The summed E-state index contributed by atoms with van der Waals surface area (Å²) in [6.45, 7) is 12.2. The lowest BCUT2D eigenvalue weighted by atomic mass is 10.1. The van der Waals surface area contributed by atoms with E-state index in [9.17, 15) is 9.18 Å². The van der Waals surface area contributed by atoms with E-state index in [1.54, 1.807) is 6.07 Å². The molecule has 0 aliphatic carbocycles. The van der Waals surface area contributed by atoms with Crippen molar-refractivity contribution in [3.63, 3.8) is 0 Å². The molecule has 1 aromatic heterocycles. The van der Waals surface area contributed by atoms with Gasteiger partial charge in [0.1, 0.15) is 5.82 Å². The highest BCUT2D eigenvalue weighted by molar-refractivity contribution is 6.04. The van der Waals surface area contributed by atoms with Gasteiger partial charge in [0, 0.05) is 18.8 Å². The van der Waals surface area contributed by atoms with Gasteiger partial charge >= 0.3 is 0 Å².